The van der Waals surface area contributed by atoms with Crippen LogP contribution in [0.1, 0.15) is 52.0 Å². The van der Waals surface area contributed by atoms with Crippen LogP contribution in [0.5, 0.6) is 0 Å². The lowest BCUT2D eigenvalue weighted by Gasteiger charge is -2.38. The molecule has 2 bridgehead atoms. The zero-order valence-electron chi connectivity index (χ0n) is 23.6. The first-order valence-corrected chi connectivity index (χ1v) is 14.2. The molecule has 4 rings (SSSR count). The molecular weight excluding hydrogens is 494 g/mol. The van der Waals surface area contributed by atoms with E-state index >= 15 is 0 Å². The van der Waals surface area contributed by atoms with E-state index in [-0.39, 0.29) is 24.3 Å². The van der Waals surface area contributed by atoms with Crippen LogP contribution < -0.4 is 0 Å². The highest BCUT2D eigenvalue weighted by Gasteiger charge is 2.78. The molecular formula is C31H43N3O5. The van der Waals surface area contributed by atoms with Crippen molar-refractivity contribution in [1.82, 2.24) is 14.7 Å². The van der Waals surface area contributed by atoms with Crippen molar-refractivity contribution in [3.63, 3.8) is 0 Å². The van der Waals surface area contributed by atoms with Crippen molar-refractivity contribution in [3.05, 3.63) is 61.2 Å². The minimum Gasteiger partial charge on any atom is -0.394 e. The van der Waals surface area contributed by atoms with Crippen LogP contribution in [0.25, 0.3) is 0 Å². The Morgan fingerprint density at radius 2 is 1.82 bits per heavy atom. The highest BCUT2D eigenvalue weighted by atomic mass is 16.5. The largest absolute Gasteiger partial charge is 0.394 e. The zero-order chi connectivity index (χ0) is 28.4. The fraction of sp³-hybridized carbons (Fsp3) is 0.581. The maximum atomic E-state index is 14.3. The predicted molar refractivity (Wildman–Crippen MR) is 149 cm³/mol. The van der Waals surface area contributed by atoms with Crippen molar-refractivity contribution in [2.75, 3.05) is 26.2 Å². The molecule has 8 nitrogen and oxygen atoms in total. The third-order valence-electron chi connectivity index (χ3n) is 8.77. The van der Waals surface area contributed by atoms with Crippen LogP contribution in [0, 0.1) is 11.8 Å². The molecule has 1 aromatic rings. The molecule has 3 aliphatic rings. The molecule has 1 aromatic carbocycles. The number of unbranched alkanes of at least 4 members (excludes halogenated alkanes) is 1. The predicted octanol–water partition coefficient (Wildman–Crippen LogP) is 3.16. The molecule has 3 heterocycles. The summed E-state index contributed by atoms with van der Waals surface area (Å²) < 4.78 is 6.75. The number of hydrogen-bond acceptors (Lipinski definition) is 5. The van der Waals surface area contributed by atoms with Crippen LogP contribution in [0.2, 0.25) is 0 Å². The smallest absolute Gasteiger partial charge is 0.248 e. The van der Waals surface area contributed by atoms with E-state index in [1.807, 2.05) is 37.3 Å². The molecule has 0 radical (unpaired) electrons. The molecule has 6 atom stereocenters. The summed E-state index contributed by atoms with van der Waals surface area (Å²) in [5, 5.41) is 10.1. The van der Waals surface area contributed by atoms with Gasteiger partial charge in [-0.25, -0.2) is 0 Å². The van der Waals surface area contributed by atoms with Gasteiger partial charge in [-0.05, 0) is 38.7 Å². The van der Waals surface area contributed by atoms with Gasteiger partial charge in [-0.15, -0.1) is 13.2 Å². The number of aliphatic hydroxyl groups is 1. The zero-order valence-corrected chi connectivity index (χ0v) is 23.6. The summed E-state index contributed by atoms with van der Waals surface area (Å²) in [7, 11) is 0. The third kappa shape index (κ3) is 4.93. The van der Waals surface area contributed by atoms with Gasteiger partial charge in [0.25, 0.3) is 0 Å². The normalized spacial score (nSPS) is 29.7. The Morgan fingerprint density at radius 1 is 1.15 bits per heavy atom. The molecule has 39 heavy (non-hydrogen) atoms. The number of amides is 3. The van der Waals surface area contributed by atoms with Gasteiger partial charge in [-0.3, -0.25) is 14.4 Å². The van der Waals surface area contributed by atoms with E-state index in [1.165, 1.54) is 4.90 Å². The lowest BCUT2D eigenvalue weighted by atomic mass is 9.66. The van der Waals surface area contributed by atoms with Crippen molar-refractivity contribution in [2.45, 2.75) is 76.3 Å². The van der Waals surface area contributed by atoms with E-state index in [1.54, 1.807) is 28.9 Å². The van der Waals surface area contributed by atoms with Gasteiger partial charge in [0.05, 0.1) is 30.1 Å². The summed E-state index contributed by atoms with van der Waals surface area (Å²) in [6.45, 7) is 14.7. The second-order valence-corrected chi connectivity index (χ2v) is 11.4. The number of fused-ring (bicyclic) bond motifs is 1. The average molecular weight is 538 g/mol. The molecule has 8 heteroatoms. The second kappa shape index (κ2) is 11.6. The summed E-state index contributed by atoms with van der Waals surface area (Å²) >= 11 is 0. The molecule has 0 aromatic heterocycles. The molecule has 0 saturated carbocycles. The summed E-state index contributed by atoms with van der Waals surface area (Å²) in [6.07, 6.45) is 6.20. The average Bonchev–Trinajstić information content (AvgIpc) is 3.50. The van der Waals surface area contributed by atoms with Crippen molar-refractivity contribution >= 4 is 17.7 Å². The molecule has 3 aliphatic heterocycles. The maximum absolute atomic E-state index is 14.3. The van der Waals surface area contributed by atoms with Gasteiger partial charge >= 0.3 is 0 Å². The van der Waals surface area contributed by atoms with Crippen molar-refractivity contribution < 1.29 is 24.2 Å². The number of ether oxygens (including phenoxy) is 1. The van der Waals surface area contributed by atoms with E-state index in [0.29, 0.717) is 39.0 Å². The first-order chi connectivity index (χ1) is 18.7. The Kier molecular flexibility index (Phi) is 8.66. The number of rotatable bonds is 13. The monoisotopic (exact) mass is 537 g/mol. The van der Waals surface area contributed by atoms with Crippen LogP contribution >= 0.6 is 0 Å². The van der Waals surface area contributed by atoms with Gasteiger partial charge in [0.1, 0.15) is 11.6 Å². The number of benzene rings is 1. The number of likely N-dealkylation sites (tertiary alicyclic amines) is 1. The fourth-order valence-corrected chi connectivity index (χ4v) is 6.94. The topological polar surface area (TPSA) is 90.4 Å². The summed E-state index contributed by atoms with van der Waals surface area (Å²) in [5.41, 5.74) is -1.01. The van der Waals surface area contributed by atoms with E-state index in [9.17, 15) is 19.5 Å². The van der Waals surface area contributed by atoms with Crippen molar-refractivity contribution in [3.8, 4) is 0 Å². The fourth-order valence-electron chi connectivity index (χ4n) is 6.94. The van der Waals surface area contributed by atoms with Gasteiger partial charge in [-0.2, -0.15) is 0 Å². The van der Waals surface area contributed by atoms with Crippen LogP contribution in [-0.2, 0) is 25.7 Å². The van der Waals surface area contributed by atoms with Crippen LogP contribution in [-0.4, -0.2) is 87.1 Å². The highest BCUT2D eigenvalue weighted by Crippen LogP contribution is 2.63. The molecule has 0 aliphatic carbocycles. The molecule has 212 valence electrons. The van der Waals surface area contributed by atoms with Gasteiger partial charge in [0, 0.05) is 26.2 Å². The molecule has 3 saturated heterocycles. The Bertz CT molecular complexity index is 1090. The lowest BCUT2D eigenvalue weighted by Crippen LogP contribution is -2.58. The highest BCUT2D eigenvalue weighted by molar-refractivity contribution is 5.99. The molecule has 3 amide bonds. The first kappa shape index (κ1) is 29.0. The Balaban J connectivity index is 1.75. The van der Waals surface area contributed by atoms with Gasteiger partial charge in [0.15, 0.2) is 0 Å². The van der Waals surface area contributed by atoms with E-state index in [0.717, 1.165) is 18.4 Å². The van der Waals surface area contributed by atoms with E-state index < -0.39 is 35.1 Å². The van der Waals surface area contributed by atoms with Crippen molar-refractivity contribution in [2.24, 2.45) is 11.8 Å². The first-order valence-electron chi connectivity index (χ1n) is 14.2. The number of carbonyl (C=O) groups excluding carboxylic acids is 3. The number of carbonyl (C=O) groups is 3. The number of aliphatic hydroxyl groups excluding tert-OH is 1. The summed E-state index contributed by atoms with van der Waals surface area (Å²) in [6, 6.07) is 8.23. The SMILES string of the molecule is C=CCN(CCCC)C(=O)C1N([C@H](C)CO)C(=O)[C@@H]2[C@H](C(=O)N(CC=C)Cc3ccccc3)[C@]3(C)CCC12O3. The Morgan fingerprint density at radius 3 is 2.44 bits per heavy atom. The Hall–Kier alpha value is -2.97. The summed E-state index contributed by atoms with van der Waals surface area (Å²) in [4.78, 5) is 47.7. The van der Waals surface area contributed by atoms with Crippen LogP contribution in [0.15, 0.2) is 55.6 Å². The quantitative estimate of drug-likeness (QED) is 0.391. The third-order valence-corrected chi connectivity index (χ3v) is 8.77. The molecule has 2 unspecified atom stereocenters. The van der Waals surface area contributed by atoms with Crippen molar-refractivity contribution in [1.29, 1.82) is 0 Å². The standard InChI is InChI=1S/C31H43N3O5/c1-6-9-19-32(17-7-2)29(38)26-31-16-15-30(5,39-31)24(25(31)28(37)34(26)22(4)21-35)27(36)33(18-8-3)20-23-13-11-10-12-14-23/h7-8,10-14,22,24-26,35H,2-3,6,9,15-21H2,1,4-5H3/t22-,24-,25+,26?,30+,31?/m1/s1. The second-order valence-electron chi connectivity index (χ2n) is 11.4. The molecule has 1 N–H and O–H groups in total. The molecule has 3 fully saturated rings. The number of hydrogen-bond donors (Lipinski definition) is 1. The van der Waals surface area contributed by atoms with Crippen LogP contribution in [0.4, 0.5) is 0 Å². The van der Waals surface area contributed by atoms with E-state index in [4.69, 9.17) is 4.74 Å². The van der Waals surface area contributed by atoms with E-state index in [2.05, 4.69) is 20.1 Å². The van der Waals surface area contributed by atoms with Gasteiger partial charge in [-0.1, -0.05) is 55.8 Å². The van der Waals surface area contributed by atoms with Crippen LogP contribution in [0.3, 0.4) is 0 Å². The maximum Gasteiger partial charge on any atom is 0.248 e. The lowest BCUT2D eigenvalue weighted by molar-refractivity contribution is -0.156. The van der Waals surface area contributed by atoms with Gasteiger partial charge in [0.2, 0.25) is 17.7 Å². The minimum atomic E-state index is -1.12. The minimum absolute atomic E-state index is 0.167. The van der Waals surface area contributed by atoms with Gasteiger partial charge < -0.3 is 24.5 Å². The molecule has 1 spiro atoms. The summed E-state index contributed by atoms with van der Waals surface area (Å²) in [5.74, 6) is -2.20. The Labute approximate surface area is 232 Å². The number of nitrogens with zero attached hydrogens (tertiary/aromatic N) is 3.